The molecule has 238 valence electrons. The van der Waals surface area contributed by atoms with Crippen molar-refractivity contribution in [2.75, 3.05) is 34.0 Å². The van der Waals surface area contributed by atoms with Crippen LogP contribution in [-0.2, 0) is 26.1 Å². The molecular weight excluding hydrogens is 604 g/mol. The van der Waals surface area contributed by atoms with Crippen molar-refractivity contribution >= 4 is 32.8 Å². The number of nitrogens with zero attached hydrogens (tertiary/aromatic N) is 2. The second kappa shape index (κ2) is 14.7. The van der Waals surface area contributed by atoms with Crippen LogP contribution in [0.5, 0.6) is 17.2 Å². The second-order valence-electron chi connectivity index (χ2n) is 9.79. The number of aryl methyl sites for hydroxylation is 1. The number of aromatic nitrogens is 2. The maximum atomic E-state index is 13.0. The van der Waals surface area contributed by atoms with Gasteiger partial charge in [-0.2, -0.15) is 4.72 Å². The number of hydrogen-bond donors (Lipinski definition) is 2. The van der Waals surface area contributed by atoms with E-state index in [0.717, 1.165) is 5.56 Å². The van der Waals surface area contributed by atoms with Gasteiger partial charge in [-0.3, -0.25) is 19.0 Å². The van der Waals surface area contributed by atoms with Gasteiger partial charge in [0.2, 0.25) is 10.0 Å². The van der Waals surface area contributed by atoms with Crippen molar-refractivity contribution in [3.8, 4) is 17.2 Å². The van der Waals surface area contributed by atoms with E-state index in [1.807, 2.05) is 6.92 Å². The lowest BCUT2D eigenvalue weighted by Crippen LogP contribution is -2.49. The Morgan fingerprint density at radius 1 is 0.978 bits per heavy atom. The molecule has 14 heteroatoms. The lowest BCUT2D eigenvalue weighted by Gasteiger charge is -2.18. The van der Waals surface area contributed by atoms with E-state index in [4.69, 9.17) is 18.9 Å². The predicted molar refractivity (Wildman–Crippen MR) is 165 cm³/mol. The lowest BCUT2D eigenvalue weighted by molar-refractivity contribution is -0.144. The Morgan fingerprint density at radius 2 is 1.64 bits per heavy atom. The van der Waals surface area contributed by atoms with Gasteiger partial charge < -0.3 is 24.3 Å². The number of sulfonamides is 1. The van der Waals surface area contributed by atoms with Gasteiger partial charge in [0.25, 0.3) is 11.5 Å². The molecule has 4 rings (SSSR count). The van der Waals surface area contributed by atoms with Crippen LogP contribution in [0.2, 0.25) is 0 Å². The average molecular weight is 639 g/mol. The van der Waals surface area contributed by atoms with Crippen LogP contribution in [0.4, 0.5) is 0 Å². The minimum absolute atomic E-state index is 0.0213. The number of esters is 1. The molecule has 0 fully saturated rings. The summed E-state index contributed by atoms with van der Waals surface area (Å²) in [6.07, 6.45) is 1.43. The first-order chi connectivity index (χ1) is 21.6. The van der Waals surface area contributed by atoms with Crippen molar-refractivity contribution in [3.63, 3.8) is 0 Å². The van der Waals surface area contributed by atoms with Crippen molar-refractivity contribution in [2.24, 2.45) is 0 Å². The van der Waals surface area contributed by atoms with Crippen molar-refractivity contribution in [1.29, 1.82) is 0 Å². The standard InChI is InChI=1S/C31H34N4O9S/c1-5-43-31(38)26(34-45(39,40)23-12-6-20(2)7-13-23)18-32-29(36)21-8-10-22(11-9-21)44-15-14-35-19-33-25-17-28(42-4)27(41-3)16-24(25)30(35)37/h6-13,16-17,19,26,34H,5,14-15,18H2,1-4H3,(H,32,36). The van der Waals surface area contributed by atoms with E-state index in [1.54, 1.807) is 43.3 Å². The largest absolute Gasteiger partial charge is 0.493 e. The van der Waals surface area contributed by atoms with Gasteiger partial charge in [-0.1, -0.05) is 17.7 Å². The summed E-state index contributed by atoms with van der Waals surface area (Å²) in [5.74, 6) is -0.0169. The van der Waals surface area contributed by atoms with Crippen LogP contribution >= 0.6 is 0 Å². The molecule has 45 heavy (non-hydrogen) atoms. The summed E-state index contributed by atoms with van der Waals surface area (Å²) >= 11 is 0. The molecule has 1 aromatic heterocycles. The summed E-state index contributed by atoms with van der Waals surface area (Å²) < 4.78 is 50.7. The zero-order valence-electron chi connectivity index (χ0n) is 25.2. The third kappa shape index (κ3) is 8.16. The first kappa shape index (κ1) is 33.0. The molecule has 1 unspecified atom stereocenters. The Hall–Kier alpha value is -4.95. The lowest BCUT2D eigenvalue weighted by atomic mass is 10.2. The monoisotopic (exact) mass is 638 g/mol. The minimum Gasteiger partial charge on any atom is -0.493 e. The van der Waals surface area contributed by atoms with Gasteiger partial charge in [0.1, 0.15) is 18.4 Å². The molecule has 13 nitrogen and oxygen atoms in total. The van der Waals surface area contributed by atoms with Crippen LogP contribution in [0, 0.1) is 6.92 Å². The molecule has 1 heterocycles. The van der Waals surface area contributed by atoms with Crippen molar-refractivity contribution < 1.29 is 37.0 Å². The molecule has 4 aromatic rings. The van der Waals surface area contributed by atoms with E-state index in [-0.39, 0.29) is 42.3 Å². The van der Waals surface area contributed by atoms with Crippen LogP contribution in [0.15, 0.2) is 76.7 Å². The van der Waals surface area contributed by atoms with E-state index in [0.29, 0.717) is 28.2 Å². The summed E-state index contributed by atoms with van der Waals surface area (Å²) in [5.41, 5.74) is 1.34. The maximum Gasteiger partial charge on any atom is 0.326 e. The molecule has 1 amide bonds. The Kier molecular flexibility index (Phi) is 10.8. The highest BCUT2D eigenvalue weighted by Crippen LogP contribution is 2.29. The number of ether oxygens (including phenoxy) is 4. The van der Waals surface area contributed by atoms with Gasteiger partial charge >= 0.3 is 5.97 Å². The van der Waals surface area contributed by atoms with E-state index in [1.165, 1.54) is 49.4 Å². The van der Waals surface area contributed by atoms with Gasteiger partial charge in [0.15, 0.2) is 11.5 Å². The summed E-state index contributed by atoms with van der Waals surface area (Å²) in [4.78, 5) is 42.6. The maximum absolute atomic E-state index is 13.0. The number of amides is 1. The highest BCUT2D eigenvalue weighted by atomic mass is 32.2. The number of methoxy groups -OCH3 is 2. The minimum atomic E-state index is -4.06. The Morgan fingerprint density at radius 3 is 2.29 bits per heavy atom. The van der Waals surface area contributed by atoms with Gasteiger partial charge in [0, 0.05) is 18.2 Å². The highest BCUT2D eigenvalue weighted by Gasteiger charge is 2.27. The number of carbonyl (C=O) groups is 2. The van der Waals surface area contributed by atoms with Gasteiger partial charge in [-0.25, -0.2) is 13.4 Å². The molecule has 0 aliphatic rings. The smallest absolute Gasteiger partial charge is 0.326 e. The Balaban J connectivity index is 1.35. The van der Waals surface area contributed by atoms with E-state index < -0.39 is 27.9 Å². The molecule has 0 aliphatic heterocycles. The number of hydrogen-bond acceptors (Lipinski definition) is 10. The number of nitrogens with one attached hydrogen (secondary N) is 2. The van der Waals surface area contributed by atoms with Crippen LogP contribution < -0.4 is 29.8 Å². The summed E-state index contributed by atoms with van der Waals surface area (Å²) in [6.45, 7) is 3.47. The Labute approximate surface area is 260 Å². The van der Waals surface area contributed by atoms with Gasteiger partial charge in [0.05, 0.1) is 49.5 Å². The molecule has 0 spiro atoms. The average Bonchev–Trinajstić information content (AvgIpc) is 3.04. The van der Waals surface area contributed by atoms with Crippen molar-refractivity contribution in [1.82, 2.24) is 19.6 Å². The fourth-order valence-corrected chi connectivity index (χ4v) is 5.48. The topological polar surface area (TPSA) is 164 Å². The van der Waals surface area contributed by atoms with E-state index >= 15 is 0 Å². The van der Waals surface area contributed by atoms with Crippen LogP contribution in [0.1, 0.15) is 22.8 Å². The zero-order chi connectivity index (χ0) is 32.6. The SMILES string of the molecule is CCOC(=O)C(CNC(=O)c1ccc(OCCn2cnc3cc(OC)c(OC)cc3c2=O)cc1)NS(=O)(=O)c1ccc(C)cc1. The third-order valence-corrected chi connectivity index (χ3v) is 8.20. The van der Waals surface area contributed by atoms with Crippen LogP contribution in [0.25, 0.3) is 10.9 Å². The quantitative estimate of drug-likeness (QED) is 0.196. The fourth-order valence-electron chi connectivity index (χ4n) is 4.29. The predicted octanol–water partition coefficient (Wildman–Crippen LogP) is 2.44. The molecule has 1 atom stereocenters. The van der Waals surface area contributed by atoms with Crippen LogP contribution in [0.3, 0.4) is 0 Å². The Bertz CT molecular complexity index is 1820. The molecule has 0 radical (unpaired) electrons. The normalized spacial score (nSPS) is 11.9. The highest BCUT2D eigenvalue weighted by molar-refractivity contribution is 7.89. The second-order valence-corrected chi connectivity index (χ2v) is 11.5. The molecule has 3 aromatic carbocycles. The third-order valence-electron chi connectivity index (χ3n) is 6.71. The number of carbonyl (C=O) groups excluding carboxylic acids is 2. The number of benzene rings is 3. The van der Waals surface area contributed by atoms with Crippen molar-refractivity contribution in [2.45, 2.75) is 31.3 Å². The van der Waals surface area contributed by atoms with E-state index in [2.05, 4.69) is 15.0 Å². The number of fused-ring (bicyclic) bond motifs is 1. The van der Waals surface area contributed by atoms with E-state index in [9.17, 15) is 22.8 Å². The zero-order valence-corrected chi connectivity index (χ0v) is 26.1. The molecule has 0 saturated heterocycles. The number of rotatable bonds is 14. The molecular formula is C31H34N4O9S. The molecule has 0 bridgehead atoms. The summed E-state index contributed by atoms with van der Waals surface area (Å²) in [6, 6.07) is 14.2. The van der Waals surface area contributed by atoms with Gasteiger partial charge in [-0.15, -0.1) is 0 Å². The van der Waals surface area contributed by atoms with Gasteiger partial charge in [-0.05, 0) is 56.3 Å². The van der Waals surface area contributed by atoms with Crippen LogP contribution in [-0.4, -0.2) is 69.9 Å². The summed E-state index contributed by atoms with van der Waals surface area (Å²) in [5, 5.41) is 2.95. The van der Waals surface area contributed by atoms with Crippen molar-refractivity contribution in [3.05, 3.63) is 88.5 Å². The summed E-state index contributed by atoms with van der Waals surface area (Å²) in [7, 11) is -1.07. The molecule has 2 N–H and O–H groups in total. The molecule has 0 aliphatic carbocycles. The molecule has 0 saturated carbocycles. The first-order valence-corrected chi connectivity index (χ1v) is 15.4. The fraction of sp³-hybridized carbons (Fsp3) is 0.290. The first-order valence-electron chi connectivity index (χ1n) is 13.9.